The Morgan fingerprint density at radius 2 is 1.77 bits per heavy atom. The molecule has 9 heteroatoms. The second kappa shape index (κ2) is 8.81. The number of anilines is 1. The number of hydrogen-bond acceptors (Lipinski definition) is 7. The molecule has 30 heavy (non-hydrogen) atoms. The number of carbonyl (C=O) groups excluding carboxylic acids is 1. The first kappa shape index (κ1) is 19.7. The molecule has 4 rings (SSSR count). The molecule has 0 saturated carbocycles. The Balaban J connectivity index is 1.35. The first-order valence-electron chi connectivity index (χ1n) is 9.78. The first-order valence-corrected chi connectivity index (χ1v) is 9.78. The Morgan fingerprint density at radius 1 is 1.03 bits per heavy atom. The van der Waals surface area contributed by atoms with Gasteiger partial charge in [0.05, 0.1) is 7.11 Å². The topological polar surface area (TPSA) is 85.6 Å². The summed E-state index contributed by atoms with van der Waals surface area (Å²) in [6.45, 7) is 4.44. The minimum Gasteiger partial charge on any atom is -0.493 e. The molecular weight excluding hydrogens is 384 g/mol. The number of rotatable bonds is 6. The number of methoxy groups -OCH3 is 1. The lowest BCUT2D eigenvalue weighted by Crippen LogP contribution is -2.50. The molecule has 1 aromatic carbocycles. The minimum atomic E-state index is -0.0448. The largest absolute Gasteiger partial charge is 0.493 e. The maximum atomic E-state index is 12.6. The molecule has 0 aliphatic carbocycles. The number of amides is 1. The Bertz CT molecular complexity index is 1000. The fraction of sp³-hybridized carbons (Fsp3) is 0.333. The number of aryl methyl sites for hydroxylation is 1. The van der Waals surface area contributed by atoms with Crippen molar-refractivity contribution in [1.29, 1.82) is 0 Å². The van der Waals surface area contributed by atoms with Crippen molar-refractivity contribution in [2.75, 3.05) is 44.8 Å². The van der Waals surface area contributed by atoms with Gasteiger partial charge < -0.3 is 19.3 Å². The van der Waals surface area contributed by atoms with Crippen molar-refractivity contribution in [2.45, 2.75) is 6.92 Å². The molecule has 1 fully saturated rings. The molecule has 0 spiro atoms. The summed E-state index contributed by atoms with van der Waals surface area (Å²) in [4.78, 5) is 25.6. The quantitative estimate of drug-likeness (QED) is 0.614. The van der Waals surface area contributed by atoms with Crippen LogP contribution in [0.15, 0.2) is 48.8 Å². The Morgan fingerprint density at radius 3 is 2.47 bits per heavy atom. The van der Waals surface area contributed by atoms with E-state index in [-0.39, 0.29) is 12.5 Å². The van der Waals surface area contributed by atoms with Crippen LogP contribution in [-0.2, 0) is 4.79 Å². The highest BCUT2D eigenvalue weighted by atomic mass is 16.5. The second-order valence-electron chi connectivity index (χ2n) is 6.89. The normalized spacial score (nSPS) is 13.9. The summed E-state index contributed by atoms with van der Waals surface area (Å²) in [5.41, 5.74) is 0. The second-order valence-corrected chi connectivity index (χ2v) is 6.89. The van der Waals surface area contributed by atoms with Gasteiger partial charge in [0.2, 0.25) is 0 Å². The maximum absolute atomic E-state index is 12.6. The minimum absolute atomic E-state index is 0.0174. The molecule has 0 atom stereocenters. The standard InChI is InChI=1S/C21H24N6O3/c1-16-23-19(14-20(24-16)27-9-5-8-22-27)25-10-12-26(13-11-25)21(28)15-30-18-7-4-3-6-17(18)29-2/h3-9,14H,10-13,15H2,1-2H3. The summed E-state index contributed by atoms with van der Waals surface area (Å²) < 4.78 is 12.6. The summed E-state index contributed by atoms with van der Waals surface area (Å²) in [5, 5.41) is 4.24. The number of piperazine rings is 1. The van der Waals surface area contributed by atoms with Crippen molar-refractivity contribution >= 4 is 11.7 Å². The van der Waals surface area contributed by atoms with Crippen molar-refractivity contribution in [3.05, 3.63) is 54.6 Å². The van der Waals surface area contributed by atoms with E-state index in [2.05, 4.69) is 20.0 Å². The van der Waals surface area contributed by atoms with E-state index in [4.69, 9.17) is 9.47 Å². The predicted octanol–water partition coefficient (Wildman–Crippen LogP) is 1.71. The lowest BCUT2D eigenvalue weighted by molar-refractivity contribution is -0.133. The van der Waals surface area contributed by atoms with Gasteiger partial charge in [-0.1, -0.05) is 12.1 Å². The van der Waals surface area contributed by atoms with Crippen LogP contribution < -0.4 is 14.4 Å². The van der Waals surface area contributed by atoms with Crippen LogP contribution in [0.25, 0.3) is 5.82 Å². The maximum Gasteiger partial charge on any atom is 0.260 e. The highest BCUT2D eigenvalue weighted by molar-refractivity contribution is 5.78. The zero-order chi connectivity index (χ0) is 20.9. The fourth-order valence-corrected chi connectivity index (χ4v) is 3.37. The summed E-state index contributed by atoms with van der Waals surface area (Å²) in [7, 11) is 1.58. The molecule has 0 radical (unpaired) electrons. The van der Waals surface area contributed by atoms with Crippen molar-refractivity contribution in [3.8, 4) is 17.3 Å². The molecule has 0 unspecified atom stereocenters. The Hall–Kier alpha value is -3.62. The van der Waals surface area contributed by atoms with Gasteiger partial charge in [0.25, 0.3) is 5.91 Å². The third kappa shape index (κ3) is 4.35. The van der Waals surface area contributed by atoms with E-state index >= 15 is 0 Å². The number of hydrogen-bond donors (Lipinski definition) is 0. The molecule has 1 amide bonds. The van der Waals surface area contributed by atoms with Crippen LogP contribution >= 0.6 is 0 Å². The van der Waals surface area contributed by atoms with Crippen LogP contribution in [0, 0.1) is 6.92 Å². The van der Waals surface area contributed by atoms with Gasteiger partial charge in [-0.15, -0.1) is 0 Å². The number of nitrogens with zero attached hydrogens (tertiary/aromatic N) is 6. The predicted molar refractivity (Wildman–Crippen MR) is 111 cm³/mol. The van der Waals surface area contributed by atoms with Gasteiger partial charge in [-0.2, -0.15) is 5.10 Å². The molecule has 0 bridgehead atoms. The molecule has 3 heterocycles. The summed E-state index contributed by atoms with van der Waals surface area (Å²) >= 11 is 0. The van der Waals surface area contributed by atoms with Crippen LogP contribution in [0.3, 0.4) is 0 Å². The lowest BCUT2D eigenvalue weighted by atomic mass is 10.3. The van der Waals surface area contributed by atoms with Gasteiger partial charge >= 0.3 is 0 Å². The molecule has 3 aromatic rings. The summed E-state index contributed by atoms with van der Waals surface area (Å²) in [6.07, 6.45) is 3.57. The zero-order valence-electron chi connectivity index (χ0n) is 17.1. The first-order chi connectivity index (χ1) is 14.6. The van der Waals surface area contributed by atoms with Gasteiger partial charge in [0.1, 0.15) is 11.6 Å². The number of carbonyl (C=O) groups is 1. The molecule has 1 aliphatic rings. The smallest absolute Gasteiger partial charge is 0.260 e. The Kier molecular flexibility index (Phi) is 5.78. The van der Waals surface area contributed by atoms with Gasteiger partial charge in [-0.3, -0.25) is 4.79 Å². The fourth-order valence-electron chi connectivity index (χ4n) is 3.37. The monoisotopic (exact) mass is 408 g/mol. The molecule has 9 nitrogen and oxygen atoms in total. The van der Waals surface area contributed by atoms with E-state index in [1.165, 1.54) is 0 Å². The van der Waals surface area contributed by atoms with Crippen LogP contribution in [0.2, 0.25) is 0 Å². The zero-order valence-corrected chi connectivity index (χ0v) is 17.1. The van der Waals surface area contributed by atoms with E-state index in [9.17, 15) is 4.79 Å². The average molecular weight is 408 g/mol. The summed E-state index contributed by atoms with van der Waals surface area (Å²) in [6, 6.07) is 11.1. The van der Waals surface area contributed by atoms with Crippen LogP contribution in [0.1, 0.15) is 5.82 Å². The van der Waals surface area contributed by atoms with E-state index < -0.39 is 0 Å². The van der Waals surface area contributed by atoms with Crippen LogP contribution in [0.4, 0.5) is 5.82 Å². The van der Waals surface area contributed by atoms with Gasteiger partial charge in [0, 0.05) is 44.6 Å². The third-order valence-corrected chi connectivity index (χ3v) is 4.93. The molecule has 0 N–H and O–H groups in total. The number of benzene rings is 1. The molecule has 1 saturated heterocycles. The molecule has 156 valence electrons. The van der Waals surface area contributed by atoms with Gasteiger partial charge in [-0.25, -0.2) is 14.6 Å². The highest BCUT2D eigenvalue weighted by Crippen LogP contribution is 2.25. The highest BCUT2D eigenvalue weighted by Gasteiger charge is 2.23. The molecule has 2 aromatic heterocycles. The molecule has 1 aliphatic heterocycles. The van der Waals surface area contributed by atoms with Gasteiger partial charge in [-0.05, 0) is 25.1 Å². The van der Waals surface area contributed by atoms with E-state index in [1.54, 1.807) is 30.1 Å². The van der Waals surface area contributed by atoms with E-state index in [1.807, 2.05) is 42.3 Å². The van der Waals surface area contributed by atoms with Gasteiger partial charge in [0.15, 0.2) is 23.9 Å². The Labute approximate surface area is 174 Å². The van der Waals surface area contributed by atoms with Crippen LogP contribution in [0.5, 0.6) is 11.5 Å². The number of para-hydroxylation sites is 2. The molecular formula is C21H24N6O3. The number of aromatic nitrogens is 4. The third-order valence-electron chi connectivity index (χ3n) is 4.93. The van der Waals surface area contributed by atoms with Crippen molar-refractivity contribution in [2.24, 2.45) is 0 Å². The van der Waals surface area contributed by atoms with Crippen LogP contribution in [-0.4, -0.2) is 70.5 Å². The van der Waals surface area contributed by atoms with E-state index in [0.717, 1.165) is 11.6 Å². The van der Waals surface area contributed by atoms with Crippen molar-refractivity contribution in [3.63, 3.8) is 0 Å². The SMILES string of the molecule is COc1ccccc1OCC(=O)N1CCN(c2cc(-n3cccn3)nc(C)n2)CC1. The lowest BCUT2D eigenvalue weighted by Gasteiger charge is -2.35. The van der Waals surface area contributed by atoms with E-state index in [0.29, 0.717) is 43.5 Å². The van der Waals surface area contributed by atoms with Crippen molar-refractivity contribution in [1.82, 2.24) is 24.6 Å². The summed E-state index contributed by atoms with van der Waals surface area (Å²) in [5.74, 6) is 3.38. The van der Waals surface area contributed by atoms with Crippen molar-refractivity contribution < 1.29 is 14.3 Å². The average Bonchev–Trinajstić information content (AvgIpc) is 3.32. The number of ether oxygens (including phenoxy) is 2.